The highest BCUT2D eigenvalue weighted by molar-refractivity contribution is 5.82. The average molecular weight is 679 g/mol. The number of likely N-dealkylation sites (N-methyl/N-ethyl adjacent to an activating group) is 1. The lowest BCUT2D eigenvalue weighted by molar-refractivity contribution is -0.183. The number of nitrogens with one attached hydrogen (secondary N) is 1. The molecule has 0 radical (unpaired) electrons. The summed E-state index contributed by atoms with van der Waals surface area (Å²) in [5.74, 6) is 1.69. The number of carbonyl (C=O) groups excluding carboxylic acids is 1. The number of amides is 1. The molecule has 2 aromatic rings. The molecule has 272 valence electrons. The van der Waals surface area contributed by atoms with E-state index >= 15 is 0 Å². The number of aromatic hydroxyl groups is 1. The topological polar surface area (TPSA) is 109 Å². The van der Waals surface area contributed by atoms with Crippen molar-refractivity contribution in [1.82, 2.24) is 20.2 Å². The SMILES string of the molecule is CC(C)C[C@@H](CN(C)C)N(Cc1cccc(O)c1)Cc1cccc(CN2O[C@@H](CO)[C@@H]([C@H](C)O)[C@H]2C(=O)N[C@H]2C[C@H]3C[C@@H]([C@@H]2C)C3(C)C)c1. The minimum Gasteiger partial charge on any atom is -0.508 e. The predicted molar refractivity (Wildman–Crippen MR) is 193 cm³/mol. The Hall–Kier alpha value is -2.53. The molecular weight excluding hydrogens is 616 g/mol. The van der Waals surface area contributed by atoms with Crippen molar-refractivity contribution in [1.29, 1.82) is 0 Å². The lowest BCUT2D eigenvalue weighted by atomic mass is 9.45. The summed E-state index contributed by atoms with van der Waals surface area (Å²) in [5, 5.41) is 36.4. The second-order valence-corrected chi connectivity index (χ2v) is 16.7. The van der Waals surface area contributed by atoms with Crippen LogP contribution in [-0.2, 0) is 29.3 Å². The molecule has 1 aliphatic heterocycles. The van der Waals surface area contributed by atoms with E-state index < -0.39 is 24.2 Å². The minimum absolute atomic E-state index is 0.0933. The zero-order chi connectivity index (χ0) is 35.6. The van der Waals surface area contributed by atoms with Crippen LogP contribution in [0.4, 0.5) is 0 Å². The van der Waals surface area contributed by atoms with Gasteiger partial charge in [-0.1, -0.05) is 71.0 Å². The Morgan fingerprint density at radius 2 is 1.69 bits per heavy atom. The molecule has 0 spiro atoms. The second-order valence-electron chi connectivity index (χ2n) is 16.7. The molecular formula is C40H62N4O5. The first-order valence-electron chi connectivity index (χ1n) is 18.4. The van der Waals surface area contributed by atoms with E-state index in [1.807, 2.05) is 12.1 Å². The fraction of sp³-hybridized carbons (Fsp3) is 0.675. The van der Waals surface area contributed by atoms with E-state index in [1.54, 1.807) is 18.1 Å². The molecule has 49 heavy (non-hydrogen) atoms. The smallest absolute Gasteiger partial charge is 0.240 e. The predicted octanol–water partition coefficient (Wildman–Crippen LogP) is 5.03. The van der Waals surface area contributed by atoms with E-state index in [4.69, 9.17) is 4.84 Å². The van der Waals surface area contributed by atoms with E-state index in [1.165, 1.54) is 6.42 Å². The Morgan fingerprint density at radius 3 is 2.27 bits per heavy atom. The Kier molecular flexibility index (Phi) is 12.2. The highest BCUT2D eigenvalue weighted by atomic mass is 16.7. The van der Waals surface area contributed by atoms with Gasteiger partial charge in [-0.25, -0.2) is 0 Å². The van der Waals surface area contributed by atoms with Crippen LogP contribution in [0.3, 0.4) is 0 Å². The summed E-state index contributed by atoms with van der Waals surface area (Å²) in [4.78, 5) is 25.1. The van der Waals surface area contributed by atoms with Crippen LogP contribution in [0.5, 0.6) is 5.75 Å². The number of hydroxylamine groups is 2. The van der Waals surface area contributed by atoms with Crippen LogP contribution in [0.15, 0.2) is 48.5 Å². The van der Waals surface area contributed by atoms with Crippen molar-refractivity contribution in [3.8, 4) is 5.75 Å². The quantitative estimate of drug-likeness (QED) is 0.208. The number of aliphatic hydroxyl groups is 2. The van der Waals surface area contributed by atoms with Gasteiger partial charge in [0.1, 0.15) is 17.9 Å². The van der Waals surface area contributed by atoms with E-state index in [0.29, 0.717) is 54.8 Å². The Labute approximate surface area is 294 Å². The molecule has 2 aromatic carbocycles. The van der Waals surface area contributed by atoms with Gasteiger partial charge in [-0.15, -0.1) is 0 Å². The molecule has 3 aliphatic carbocycles. The van der Waals surface area contributed by atoms with Gasteiger partial charge in [-0.3, -0.25) is 14.5 Å². The lowest BCUT2D eigenvalue weighted by Crippen LogP contribution is -2.62. The van der Waals surface area contributed by atoms with Crippen LogP contribution < -0.4 is 5.32 Å². The molecule has 1 saturated heterocycles. The number of phenolic OH excluding ortho intramolecular Hbond substituents is 1. The Balaban J connectivity index is 1.36. The summed E-state index contributed by atoms with van der Waals surface area (Å²) < 4.78 is 0. The highest BCUT2D eigenvalue weighted by Crippen LogP contribution is 2.61. The number of rotatable bonds is 15. The van der Waals surface area contributed by atoms with Gasteiger partial charge in [0.25, 0.3) is 0 Å². The normalized spacial score (nSPS) is 29.3. The first-order valence-corrected chi connectivity index (χ1v) is 18.4. The molecule has 9 nitrogen and oxygen atoms in total. The van der Waals surface area contributed by atoms with Crippen molar-refractivity contribution in [2.45, 2.75) is 111 Å². The fourth-order valence-corrected chi connectivity index (χ4v) is 9.23. The third-order valence-corrected chi connectivity index (χ3v) is 11.9. The standard InChI is InChI=1S/C40H62N4O5/c1-25(2)15-32(23-42(7)8)43(21-30-13-10-14-33(47)17-30)20-28-11-9-12-29(16-28)22-44-38(37(27(4)46)36(24-45)49-44)39(48)41-35-19-31-18-34(26(35)3)40(31,5)6/h9-14,16-17,25-27,31-32,34-38,45-47H,15,18-24H2,1-8H3,(H,41,48)/t26-,27-,31+,32-,34-,35-,36-,37+,38-/m0/s1. The first kappa shape index (κ1) is 37.7. The molecule has 0 aromatic heterocycles. The Morgan fingerprint density at radius 1 is 1.04 bits per heavy atom. The van der Waals surface area contributed by atoms with Crippen molar-refractivity contribution in [2.75, 3.05) is 27.2 Å². The number of hydrogen-bond acceptors (Lipinski definition) is 8. The van der Waals surface area contributed by atoms with Crippen LogP contribution in [0.2, 0.25) is 0 Å². The van der Waals surface area contributed by atoms with Gasteiger partial charge in [0, 0.05) is 37.6 Å². The molecule has 4 N–H and O–H groups in total. The summed E-state index contributed by atoms with van der Waals surface area (Å²) in [6, 6.07) is 15.6. The number of benzene rings is 2. The maximum Gasteiger partial charge on any atom is 0.240 e. The van der Waals surface area contributed by atoms with Crippen molar-refractivity contribution in [2.24, 2.45) is 35.0 Å². The van der Waals surface area contributed by atoms with Crippen LogP contribution in [-0.4, -0.2) is 93.7 Å². The van der Waals surface area contributed by atoms with Crippen molar-refractivity contribution < 1.29 is 25.0 Å². The third kappa shape index (κ3) is 8.68. The number of phenols is 1. The van der Waals surface area contributed by atoms with Crippen molar-refractivity contribution in [3.05, 3.63) is 65.2 Å². The number of carbonyl (C=O) groups is 1. The first-order chi connectivity index (χ1) is 23.2. The van der Waals surface area contributed by atoms with Gasteiger partial charge in [0.2, 0.25) is 5.91 Å². The fourth-order valence-electron chi connectivity index (χ4n) is 9.23. The summed E-state index contributed by atoms with van der Waals surface area (Å²) in [5.41, 5.74) is 3.53. The lowest BCUT2D eigenvalue weighted by Gasteiger charge is -2.62. The second kappa shape index (κ2) is 15.8. The van der Waals surface area contributed by atoms with E-state index in [2.05, 4.69) is 94.2 Å². The van der Waals surface area contributed by atoms with Gasteiger partial charge >= 0.3 is 0 Å². The van der Waals surface area contributed by atoms with E-state index in [-0.39, 0.29) is 24.3 Å². The Bertz CT molecular complexity index is 1390. The number of nitrogens with zero attached hydrogens (tertiary/aromatic N) is 3. The van der Waals surface area contributed by atoms with Crippen LogP contribution in [0, 0.1) is 35.0 Å². The van der Waals surface area contributed by atoms with Crippen LogP contribution in [0.1, 0.15) is 77.5 Å². The highest BCUT2D eigenvalue weighted by Gasteiger charge is 2.57. The van der Waals surface area contributed by atoms with Crippen molar-refractivity contribution >= 4 is 5.91 Å². The zero-order valence-corrected chi connectivity index (χ0v) is 31.0. The monoisotopic (exact) mass is 678 g/mol. The van der Waals surface area contributed by atoms with E-state index in [0.717, 1.165) is 36.1 Å². The van der Waals surface area contributed by atoms with E-state index in [9.17, 15) is 20.1 Å². The molecule has 1 amide bonds. The maximum atomic E-state index is 14.1. The zero-order valence-electron chi connectivity index (χ0n) is 31.0. The number of hydrogen-bond donors (Lipinski definition) is 4. The largest absolute Gasteiger partial charge is 0.508 e. The molecule has 9 heteroatoms. The van der Waals surface area contributed by atoms with Gasteiger partial charge in [-0.05, 0) is 98.2 Å². The molecule has 1 heterocycles. The minimum atomic E-state index is -0.832. The van der Waals surface area contributed by atoms with Gasteiger partial charge in [0.15, 0.2) is 0 Å². The molecule has 0 unspecified atom stereocenters. The summed E-state index contributed by atoms with van der Waals surface area (Å²) in [6.45, 7) is 15.6. The van der Waals surface area contributed by atoms with Gasteiger partial charge < -0.3 is 25.5 Å². The van der Waals surface area contributed by atoms with Gasteiger partial charge in [-0.2, -0.15) is 5.06 Å². The molecule has 9 atom stereocenters. The van der Waals surface area contributed by atoms with Crippen LogP contribution in [0.25, 0.3) is 0 Å². The molecule has 2 bridgehead atoms. The molecule has 3 saturated carbocycles. The number of aliphatic hydroxyl groups excluding tert-OH is 2. The molecule has 4 fully saturated rings. The number of fused-ring (bicyclic) bond motifs is 2. The summed E-state index contributed by atoms with van der Waals surface area (Å²) in [6.07, 6.45) is 1.74. The maximum absolute atomic E-state index is 14.1. The third-order valence-electron chi connectivity index (χ3n) is 11.9. The van der Waals surface area contributed by atoms with Crippen LogP contribution >= 0.6 is 0 Å². The summed E-state index contributed by atoms with van der Waals surface area (Å²) in [7, 11) is 4.23. The molecule has 6 rings (SSSR count). The molecule has 4 aliphatic rings. The summed E-state index contributed by atoms with van der Waals surface area (Å²) >= 11 is 0. The van der Waals surface area contributed by atoms with Crippen molar-refractivity contribution in [3.63, 3.8) is 0 Å². The average Bonchev–Trinajstić information content (AvgIpc) is 3.39. The van der Waals surface area contributed by atoms with Gasteiger partial charge in [0.05, 0.1) is 19.3 Å².